The third-order valence-electron chi connectivity index (χ3n) is 6.72. The highest BCUT2D eigenvalue weighted by Crippen LogP contribution is 2.52. The van der Waals surface area contributed by atoms with Crippen LogP contribution in [0.3, 0.4) is 0 Å². The van der Waals surface area contributed by atoms with Crippen LogP contribution in [-0.4, -0.2) is 41.9 Å². The molecule has 0 saturated carbocycles. The van der Waals surface area contributed by atoms with Crippen LogP contribution in [0.4, 0.5) is 28.0 Å². The van der Waals surface area contributed by atoms with Gasteiger partial charge in [0.2, 0.25) is 11.8 Å². The standard InChI is InChI=1S/C22H23F4N7O2/c1-11-6-13-4-5-21(9-11,19-30-29-12(2)35-19)33(13)20(34)28-17-7-14(18-27-10-32(3)31-18)15(8-16(17)23)22(24,25)26/h7-8,10-11,13H,4-6,9H2,1-3H3,(H,28,34)/t11-,13+,21-/m0/s1. The van der Waals surface area contributed by atoms with Gasteiger partial charge in [-0.15, -0.1) is 10.2 Å². The van der Waals surface area contributed by atoms with Crippen molar-refractivity contribution in [3.63, 3.8) is 0 Å². The normalized spacial score (nSPS) is 24.1. The molecular weight excluding hydrogens is 470 g/mol. The fourth-order valence-corrected chi connectivity index (χ4v) is 5.42. The van der Waals surface area contributed by atoms with Crippen molar-refractivity contribution in [3.05, 3.63) is 41.6 Å². The van der Waals surface area contributed by atoms with Crippen LogP contribution in [0.5, 0.6) is 0 Å². The second-order valence-corrected chi connectivity index (χ2v) is 9.31. The number of halogens is 4. The van der Waals surface area contributed by atoms with Crippen LogP contribution in [-0.2, 0) is 18.8 Å². The lowest BCUT2D eigenvalue weighted by atomic mass is 9.82. The summed E-state index contributed by atoms with van der Waals surface area (Å²) in [5.74, 6) is -0.502. The van der Waals surface area contributed by atoms with E-state index in [-0.39, 0.29) is 17.8 Å². The topological polar surface area (TPSA) is 102 Å². The summed E-state index contributed by atoms with van der Waals surface area (Å²) in [7, 11) is 1.50. The van der Waals surface area contributed by atoms with Gasteiger partial charge < -0.3 is 14.6 Å². The Morgan fingerprint density at radius 1 is 1.29 bits per heavy atom. The van der Waals surface area contributed by atoms with E-state index in [0.29, 0.717) is 37.1 Å². The minimum atomic E-state index is -4.85. The van der Waals surface area contributed by atoms with Gasteiger partial charge in [0.1, 0.15) is 17.7 Å². The van der Waals surface area contributed by atoms with Crippen LogP contribution in [0, 0.1) is 18.7 Å². The quantitative estimate of drug-likeness (QED) is 0.533. The predicted octanol–water partition coefficient (Wildman–Crippen LogP) is 4.65. The summed E-state index contributed by atoms with van der Waals surface area (Å²) in [6.45, 7) is 3.73. The van der Waals surface area contributed by atoms with E-state index < -0.39 is 40.4 Å². The van der Waals surface area contributed by atoms with E-state index in [1.807, 2.05) is 0 Å². The molecule has 2 bridgehead atoms. The zero-order valence-corrected chi connectivity index (χ0v) is 19.2. The Kier molecular flexibility index (Phi) is 5.33. The number of nitrogens with one attached hydrogen (secondary N) is 1. The van der Waals surface area contributed by atoms with Crippen molar-refractivity contribution in [2.75, 3.05) is 5.32 Å². The number of rotatable bonds is 3. The van der Waals surface area contributed by atoms with Crippen LogP contribution >= 0.6 is 0 Å². The number of benzene rings is 1. The molecule has 35 heavy (non-hydrogen) atoms. The SMILES string of the molecule is Cc1nnc([C@]23CC[C@H](C[C@H](C)C2)N3C(=O)Nc2cc(-c3ncn(C)n3)c(C(F)(F)F)cc2F)o1. The van der Waals surface area contributed by atoms with Crippen molar-refractivity contribution in [2.24, 2.45) is 13.0 Å². The summed E-state index contributed by atoms with van der Waals surface area (Å²) in [5.41, 5.74) is -2.93. The number of carbonyl (C=O) groups excluding carboxylic acids is 1. The molecule has 4 heterocycles. The number of urea groups is 1. The minimum Gasteiger partial charge on any atom is -0.423 e. The van der Waals surface area contributed by atoms with Crippen LogP contribution in [0.2, 0.25) is 0 Å². The Morgan fingerprint density at radius 3 is 2.69 bits per heavy atom. The van der Waals surface area contributed by atoms with Crippen molar-refractivity contribution in [3.8, 4) is 11.4 Å². The smallest absolute Gasteiger partial charge is 0.417 e. The average Bonchev–Trinajstić information content (AvgIpc) is 3.46. The fraction of sp³-hybridized carbons (Fsp3) is 0.500. The van der Waals surface area contributed by atoms with Crippen molar-refractivity contribution in [1.29, 1.82) is 0 Å². The summed E-state index contributed by atoms with van der Waals surface area (Å²) in [6.07, 6.45) is -1.01. The summed E-state index contributed by atoms with van der Waals surface area (Å²) in [4.78, 5) is 19.0. The largest absolute Gasteiger partial charge is 0.423 e. The molecule has 1 N–H and O–H groups in total. The average molecular weight is 493 g/mol. The molecule has 3 atom stereocenters. The number of hydrogen-bond donors (Lipinski definition) is 1. The van der Waals surface area contributed by atoms with Crippen molar-refractivity contribution < 1.29 is 26.8 Å². The Morgan fingerprint density at radius 2 is 2.06 bits per heavy atom. The van der Waals surface area contributed by atoms with Gasteiger partial charge in [0.05, 0.1) is 11.3 Å². The fourth-order valence-electron chi connectivity index (χ4n) is 5.42. The number of nitrogens with zero attached hydrogens (tertiary/aromatic N) is 6. The second kappa shape index (κ2) is 8.02. The molecular formula is C22H23F4N7O2. The van der Waals surface area contributed by atoms with Crippen molar-refractivity contribution in [1.82, 2.24) is 29.9 Å². The Hall–Kier alpha value is -3.51. The molecule has 0 spiro atoms. The van der Waals surface area contributed by atoms with E-state index in [1.54, 1.807) is 11.8 Å². The van der Waals surface area contributed by atoms with Crippen LogP contribution in [0.15, 0.2) is 22.9 Å². The van der Waals surface area contributed by atoms with Gasteiger partial charge in [0, 0.05) is 25.6 Å². The van der Waals surface area contributed by atoms with Gasteiger partial charge in [-0.3, -0.25) is 4.68 Å². The Balaban J connectivity index is 1.53. The van der Waals surface area contributed by atoms with Gasteiger partial charge in [0.25, 0.3) is 0 Å². The van der Waals surface area contributed by atoms with E-state index in [0.717, 1.165) is 12.5 Å². The highest BCUT2D eigenvalue weighted by atomic mass is 19.4. The number of amides is 2. The number of piperidine rings is 1. The van der Waals surface area contributed by atoms with Gasteiger partial charge in [0.15, 0.2) is 5.82 Å². The number of fused-ring (bicyclic) bond motifs is 2. The molecule has 0 radical (unpaired) electrons. The monoisotopic (exact) mass is 493 g/mol. The Labute approximate surface area is 197 Å². The van der Waals surface area contributed by atoms with Gasteiger partial charge in [-0.25, -0.2) is 14.2 Å². The lowest BCUT2D eigenvalue weighted by Crippen LogP contribution is -2.54. The highest BCUT2D eigenvalue weighted by molar-refractivity contribution is 5.91. The molecule has 3 aromatic rings. The lowest BCUT2D eigenvalue weighted by molar-refractivity contribution is -0.137. The van der Waals surface area contributed by atoms with E-state index in [2.05, 4.69) is 32.5 Å². The molecule has 9 nitrogen and oxygen atoms in total. The van der Waals surface area contributed by atoms with E-state index in [1.165, 1.54) is 18.1 Å². The molecule has 2 aliphatic rings. The first-order valence-electron chi connectivity index (χ1n) is 11.2. The van der Waals surface area contributed by atoms with E-state index in [4.69, 9.17) is 4.42 Å². The molecule has 2 aliphatic heterocycles. The molecule has 2 fully saturated rings. The number of carbonyl (C=O) groups is 1. The van der Waals surface area contributed by atoms with Gasteiger partial charge in [-0.1, -0.05) is 6.92 Å². The number of aryl methyl sites for hydroxylation is 2. The van der Waals surface area contributed by atoms with Crippen LogP contribution in [0.1, 0.15) is 50.0 Å². The highest BCUT2D eigenvalue weighted by Gasteiger charge is 2.57. The molecule has 2 amide bonds. The maximum atomic E-state index is 14.9. The Bertz CT molecular complexity index is 1290. The number of alkyl halides is 3. The van der Waals surface area contributed by atoms with Crippen LogP contribution in [0.25, 0.3) is 11.4 Å². The summed E-state index contributed by atoms with van der Waals surface area (Å²) in [6, 6.07) is 0.476. The maximum Gasteiger partial charge on any atom is 0.417 e. The zero-order valence-electron chi connectivity index (χ0n) is 19.2. The molecule has 13 heteroatoms. The molecule has 186 valence electrons. The molecule has 0 unspecified atom stereocenters. The maximum absolute atomic E-state index is 14.9. The minimum absolute atomic E-state index is 0.152. The van der Waals surface area contributed by atoms with Gasteiger partial charge in [-0.2, -0.15) is 18.3 Å². The van der Waals surface area contributed by atoms with E-state index >= 15 is 0 Å². The zero-order chi connectivity index (χ0) is 25.1. The third kappa shape index (κ3) is 3.92. The summed E-state index contributed by atoms with van der Waals surface area (Å²) < 4.78 is 62.8. The lowest BCUT2D eigenvalue weighted by Gasteiger charge is -2.44. The van der Waals surface area contributed by atoms with Crippen molar-refractivity contribution in [2.45, 2.75) is 57.3 Å². The molecule has 1 aromatic carbocycles. The molecule has 2 saturated heterocycles. The number of hydrogen-bond acceptors (Lipinski definition) is 6. The molecule has 0 aliphatic carbocycles. The number of aromatic nitrogens is 5. The second-order valence-electron chi connectivity index (χ2n) is 9.31. The summed E-state index contributed by atoms with van der Waals surface area (Å²) >= 11 is 0. The number of anilines is 1. The van der Waals surface area contributed by atoms with Crippen molar-refractivity contribution >= 4 is 11.7 Å². The van der Waals surface area contributed by atoms with Gasteiger partial charge in [-0.05, 0) is 43.7 Å². The first kappa shape index (κ1) is 23.2. The first-order valence-corrected chi connectivity index (χ1v) is 11.2. The first-order chi connectivity index (χ1) is 16.5. The summed E-state index contributed by atoms with van der Waals surface area (Å²) in [5, 5.41) is 14.5. The van der Waals surface area contributed by atoms with Crippen LogP contribution < -0.4 is 5.32 Å². The third-order valence-corrected chi connectivity index (χ3v) is 6.72. The molecule has 5 rings (SSSR count). The predicted molar refractivity (Wildman–Crippen MR) is 114 cm³/mol. The van der Waals surface area contributed by atoms with E-state index in [9.17, 15) is 22.4 Å². The van der Waals surface area contributed by atoms with Gasteiger partial charge >= 0.3 is 12.2 Å². The molecule has 2 aromatic heterocycles.